The van der Waals surface area contributed by atoms with Crippen molar-refractivity contribution in [1.29, 1.82) is 5.26 Å². The number of sulfone groups is 1. The maximum atomic E-state index is 13.0. The lowest BCUT2D eigenvalue weighted by atomic mass is 10.3. The van der Waals surface area contributed by atoms with Gasteiger partial charge in [0.15, 0.2) is 15.1 Å². The molecule has 4 nitrogen and oxygen atoms in total. The Balaban J connectivity index is 3.33. The van der Waals surface area contributed by atoms with Gasteiger partial charge in [-0.05, 0) is 24.6 Å². The largest absolute Gasteiger partial charge is 0.399 e. The smallest absolute Gasteiger partial charge is 0.194 e. The number of nitrogens with two attached hydrogens (primary N) is 1. The molecule has 1 rings (SSSR count). The third-order valence-electron chi connectivity index (χ3n) is 2.11. The number of nitrogen functional groups attached to an aromatic ring is 1. The Hall–Kier alpha value is -1.61. The predicted molar refractivity (Wildman–Crippen MR) is 57.7 cm³/mol. The van der Waals surface area contributed by atoms with Crippen molar-refractivity contribution in [3.8, 4) is 6.07 Å². The number of hydrogen-bond donors (Lipinski definition) is 1. The SMILES string of the molecule is CCC(C#N)S(=O)(=O)c1cc(N)cc(F)c1. The Morgan fingerprint density at radius 2 is 2.12 bits per heavy atom. The van der Waals surface area contributed by atoms with Gasteiger partial charge in [0.2, 0.25) is 0 Å². The van der Waals surface area contributed by atoms with Crippen molar-refractivity contribution in [2.24, 2.45) is 0 Å². The van der Waals surface area contributed by atoms with Gasteiger partial charge in [-0.15, -0.1) is 0 Å². The lowest BCUT2D eigenvalue weighted by molar-refractivity contribution is 0.583. The number of benzene rings is 1. The van der Waals surface area contributed by atoms with E-state index in [-0.39, 0.29) is 17.0 Å². The number of rotatable bonds is 3. The van der Waals surface area contributed by atoms with Crippen LogP contribution in [0.5, 0.6) is 0 Å². The zero-order valence-corrected chi connectivity index (χ0v) is 9.46. The molecule has 86 valence electrons. The number of anilines is 1. The van der Waals surface area contributed by atoms with Gasteiger partial charge in [0.05, 0.1) is 11.0 Å². The van der Waals surface area contributed by atoms with Crippen molar-refractivity contribution in [2.45, 2.75) is 23.5 Å². The molecule has 2 N–H and O–H groups in total. The quantitative estimate of drug-likeness (QED) is 0.814. The Morgan fingerprint density at radius 1 is 1.50 bits per heavy atom. The zero-order valence-electron chi connectivity index (χ0n) is 8.64. The summed E-state index contributed by atoms with van der Waals surface area (Å²) in [6, 6.07) is 4.72. The fourth-order valence-corrected chi connectivity index (χ4v) is 2.78. The summed E-state index contributed by atoms with van der Waals surface area (Å²) in [6.07, 6.45) is 0.148. The molecule has 0 radical (unpaired) electrons. The molecule has 0 spiro atoms. The van der Waals surface area contributed by atoms with Crippen molar-refractivity contribution < 1.29 is 12.8 Å². The number of nitriles is 1. The molecule has 1 aromatic carbocycles. The Bertz CT molecular complexity index is 514. The van der Waals surface area contributed by atoms with Gasteiger partial charge < -0.3 is 5.73 Å². The lowest BCUT2D eigenvalue weighted by Gasteiger charge is -2.09. The second-order valence-corrected chi connectivity index (χ2v) is 5.42. The molecule has 0 saturated heterocycles. The Kier molecular flexibility index (Phi) is 3.50. The average Bonchev–Trinajstić information content (AvgIpc) is 2.17. The highest BCUT2D eigenvalue weighted by molar-refractivity contribution is 7.92. The lowest BCUT2D eigenvalue weighted by Crippen LogP contribution is -2.19. The summed E-state index contributed by atoms with van der Waals surface area (Å²) in [5.74, 6) is -0.730. The first-order chi connectivity index (χ1) is 7.41. The number of nitrogens with zero attached hydrogens (tertiary/aromatic N) is 1. The van der Waals surface area contributed by atoms with Gasteiger partial charge in [0, 0.05) is 5.69 Å². The molecule has 0 heterocycles. The summed E-state index contributed by atoms with van der Waals surface area (Å²) >= 11 is 0. The highest BCUT2D eigenvalue weighted by Gasteiger charge is 2.26. The Labute approximate surface area is 93.4 Å². The minimum absolute atomic E-state index is 0.0198. The molecule has 0 aromatic heterocycles. The molecule has 0 aliphatic carbocycles. The number of halogens is 1. The molecule has 0 aliphatic rings. The van der Waals surface area contributed by atoms with Gasteiger partial charge in [-0.25, -0.2) is 12.8 Å². The van der Waals surface area contributed by atoms with Gasteiger partial charge in [0.1, 0.15) is 5.82 Å². The summed E-state index contributed by atoms with van der Waals surface area (Å²) in [5.41, 5.74) is 5.37. The van der Waals surface area contributed by atoms with Crippen molar-refractivity contribution in [3.63, 3.8) is 0 Å². The van der Waals surface area contributed by atoms with Crippen LogP contribution in [0.2, 0.25) is 0 Å². The van der Waals surface area contributed by atoms with Crippen LogP contribution >= 0.6 is 0 Å². The summed E-state index contributed by atoms with van der Waals surface area (Å²) in [6.45, 7) is 1.58. The van der Waals surface area contributed by atoms with Crippen LogP contribution in [-0.4, -0.2) is 13.7 Å². The van der Waals surface area contributed by atoms with Crippen molar-refractivity contribution in [3.05, 3.63) is 24.0 Å². The first-order valence-corrected chi connectivity index (χ1v) is 6.16. The van der Waals surface area contributed by atoms with Crippen LogP contribution in [0, 0.1) is 17.1 Å². The Morgan fingerprint density at radius 3 is 2.56 bits per heavy atom. The molecule has 0 aliphatic heterocycles. The second kappa shape index (κ2) is 4.49. The van der Waals surface area contributed by atoms with Crippen molar-refractivity contribution >= 4 is 15.5 Å². The van der Waals surface area contributed by atoms with E-state index >= 15 is 0 Å². The highest BCUT2D eigenvalue weighted by Crippen LogP contribution is 2.21. The molecule has 0 amide bonds. The van der Waals surface area contributed by atoms with E-state index in [4.69, 9.17) is 11.0 Å². The van der Waals surface area contributed by atoms with Crippen LogP contribution in [0.1, 0.15) is 13.3 Å². The summed E-state index contributed by atoms with van der Waals surface area (Å²) in [5, 5.41) is 7.53. The molecular formula is C10H11FN2O2S. The number of hydrogen-bond acceptors (Lipinski definition) is 4. The summed E-state index contributed by atoms with van der Waals surface area (Å²) in [7, 11) is -3.83. The van der Waals surface area contributed by atoms with Crippen molar-refractivity contribution in [1.82, 2.24) is 0 Å². The van der Waals surface area contributed by atoms with Crippen LogP contribution in [-0.2, 0) is 9.84 Å². The first-order valence-electron chi connectivity index (χ1n) is 4.61. The summed E-state index contributed by atoms with van der Waals surface area (Å²) in [4.78, 5) is -0.251. The van der Waals surface area contributed by atoms with Crippen LogP contribution in [0.15, 0.2) is 23.1 Å². The van der Waals surface area contributed by atoms with E-state index in [1.165, 1.54) is 0 Å². The molecular weight excluding hydrogens is 231 g/mol. The van der Waals surface area contributed by atoms with Gasteiger partial charge in [-0.2, -0.15) is 5.26 Å². The van der Waals surface area contributed by atoms with E-state index in [1.807, 2.05) is 0 Å². The predicted octanol–water partition coefficient (Wildman–Crippen LogP) is 1.48. The van der Waals surface area contributed by atoms with Gasteiger partial charge in [-0.3, -0.25) is 0 Å². The van der Waals surface area contributed by atoms with E-state index in [0.29, 0.717) is 0 Å². The monoisotopic (exact) mass is 242 g/mol. The van der Waals surface area contributed by atoms with Crippen molar-refractivity contribution in [2.75, 3.05) is 5.73 Å². The van der Waals surface area contributed by atoms with E-state index in [0.717, 1.165) is 18.2 Å². The molecule has 16 heavy (non-hydrogen) atoms. The molecule has 0 fully saturated rings. The van der Waals surface area contributed by atoms with E-state index in [2.05, 4.69) is 0 Å². The van der Waals surface area contributed by atoms with Gasteiger partial charge in [0.25, 0.3) is 0 Å². The van der Waals surface area contributed by atoms with E-state index in [1.54, 1.807) is 13.0 Å². The molecule has 0 saturated carbocycles. The van der Waals surface area contributed by atoms with Crippen LogP contribution in [0.25, 0.3) is 0 Å². The molecule has 1 aromatic rings. The maximum Gasteiger partial charge on any atom is 0.194 e. The normalized spacial score (nSPS) is 13.1. The summed E-state index contributed by atoms with van der Waals surface area (Å²) < 4.78 is 36.7. The standard InChI is InChI=1S/C10H11FN2O2S/c1-2-9(6-12)16(14,15)10-4-7(11)3-8(13)5-10/h3-5,9H,2,13H2,1H3. The topological polar surface area (TPSA) is 84.0 Å². The van der Waals surface area contributed by atoms with Gasteiger partial charge >= 0.3 is 0 Å². The average molecular weight is 242 g/mol. The third kappa shape index (κ3) is 2.31. The van der Waals surface area contributed by atoms with Gasteiger partial charge in [-0.1, -0.05) is 6.92 Å². The van der Waals surface area contributed by atoms with E-state index < -0.39 is 20.9 Å². The zero-order chi connectivity index (χ0) is 12.3. The molecule has 0 bridgehead atoms. The molecule has 1 unspecified atom stereocenters. The highest BCUT2D eigenvalue weighted by atomic mass is 32.2. The van der Waals surface area contributed by atoms with E-state index in [9.17, 15) is 12.8 Å². The fourth-order valence-electron chi connectivity index (χ4n) is 1.29. The van der Waals surface area contributed by atoms with Crippen LogP contribution < -0.4 is 5.73 Å². The molecule has 6 heteroatoms. The van der Waals surface area contributed by atoms with Crippen LogP contribution in [0.4, 0.5) is 10.1 Å². The minimum atomic E-state index is -3.83. The first kappa shape index (κ1) is 12.5. The minimum Gasteiger partial charge on any atom is -0.399 e. The third-order valence-corrected chi connectivity index (χ3v) is 4.19. The fraction of sp³-hybridized carbons (Fsp3) is 0.300. The molecule has 1 atom stereocenters. The second-order valence-electron chi connectivity index (χ2n) is 3.29. The van der Waals surface area contributed by atoms with Crippen LogP contribution in [0.3, 0.4) is 0 Å². The maximum absolute atomic E-state index is 13.0.